The summed E-state index contributed by atoms with van der Waals surface area (Å²) in [6.07, 6.45) is 7.78. The zero-order valence-electron chi connectivity index (χ0n) is 39.5. The smallest absolute Gasteiger partial charge is 0.239 e. The molecule has 0 unspecified atom stereocenters. The number of aromatic nitrogens is 6. The van der Waals surface area contributed by atoms with E-state index in [2.05, 4.69) is 20.6 Å². The number of rotatable bonds is 15. The molecule has 3 aliphatic rings. The van der Waals surface area contributed by atoms with Crippen LogP contribution in [0.5, 0.6) is 11.5 Å². The fourth-order valence-corrected chi connectivity index (χ4v) is 7.71. The minimum absolute atomic E-state index is 0.0259. The maximum absolute atomic E-state index is 12.5. The SMILES string of the molecule is CN(CC(=O)NC(C)(C)C)c1nc(-c2cc(OC[C@@H](O)CO)ccn2)nc2c1CCC2.CN(CC(=O)NC(C)(C)C)c1nc(-c2cc(OC[C@H]3COC(C)(C)O3)ccn2)nc2c1CCC2. The maximum atomic E-state index is 12.5. The van der Waals surface area contributed by atoms with Crippen LogP contribution in [0.25, 0.3) is 23.0 Å². The number of amides is 2. The fraction of sp³-hybridized carbons (Fsp3) is 0.574. The van der Waals surface area contributed by atoms with Crippen molar-refractivity contribution >= 4 is 23.5 Å². The van der Waals surface area contributed by atoms with Gasteiger partial charge in [-0.25, -0.2) is 19.9 Å². The van der Waals surface area contributed by atoms with Gasteiger partial charge in [0, 0.05) is 72.2 Å². The molecule has 4 aromatic rings. The minimum atomic E-state index is -0.952. The molecule has 4 N–H and O–H groups in total. The van der Waals surface area contributed by atoms with Crippen LogP contribution >= 0.6 is 0 Å². The molecular formula is C47H66N10O8. The number of ether oxygens (including phenoxy) is 4. The van der Waals surface area contributed by atoms with Crippen LogP contribution in [0, 0.1) is 0 Å². The number of nitrogens with zero attached hydrogens (tertiary/aromatic N) is 8. The Morgan fingerprint density at radius 3 is 1.69 bits per heavy atom. The molecule has 0 bridgehead atoms. The predicted octanol–water partition coefficient (Wildman–Crippen LogP) is 4.02. The molecule has 18 nitrogen and oxygen atoms in total. The Morgan fingerprint density at radius 2 is 1.26 bits per heavy atom. The Morgan fingerprint density at radius 1 is 0.785 bits per heavy atom. The van der Waals surface area contributed by atoms with Crippen LogP contribution < -0.4 is 29.9 Å². The van der Waals surface area contributed by atoms with Gasteiger partial charge in [-0.15, -0.1) is 0 Å². The van der Waals surface area contributed by atoms with Gasteiger partial charge in [0.05, 0.1) is 26.3 Å². The van der Waals surface area contributed by atoms with Crippen LogP contribution in [-0.4, -0.2) is 135 Å². The van der Waals surface area contributed by atoms with Crippen molar-refractivity contribution in [2.24, 2.45) is 0 Å². The van der Waals surface area contributed by atoms with Gasteiger partial charge >= 0.3 is 0 Å². The standard InChI is InChI=1S/C25H35N5O4.C22H31N5O4/c1-24(2,3)29-21(31)13-30(6)23-18-8-7-9-19(18)27-22(28-23)20-12-16(10-11-26-20)32-14-17-15-33-25(4,5)34-17;1-22(2,3)26-19(30)11-27(4)21-16-6-5-7-17(16)24-20(25-21)18-10-15(8-9-23-18)31-13-14(29)12-28/h10-12,17H,7-9,13-15H2,1-6H3,(H,29,31);8-10,14,28-29H,5-7,11-13H2,1-4H3,(H,26,30)/t17-;14-/m00/s1. The topological polar surface area (TPSA) is 219 Å². The molecule has 1 saturated heterocycles. The number of fused-ring (bicyclic) bond motifs is 2. The summed E-state index contributed by atoms with van der Waals surface area (Å²) < 4.78 is 22.9. The molecule has 0 saturated carbocycles. The number of carbonyl (C=O) groups excluding carboxylic acids is 2. The van der Waals surface area contributed by atoms with Crippen molar-refractivity contribution in [2.75, 3.05) is 63.4 Å². The highest BCUT2D eigenvalue weighted by atomic mass is 16.7. The lowest BCUT2D eigenvalue weighted by atomic mass is 10.1. The molecule has 0 aromatic carbocycles. The number of pyridine rings is 2. The second-order valence-corrected chi connectivity index (χ2v) is 19.3. The van der Waals surface area contributed by atoms with Crippen LogP contribution in [0.4, 0.5) is 11.6 Å². The molecule has 2 atom stereocenters. The van der Waals surface area contributed by atoms with Crippen molar-refractivity contribution in [1.82, 2.24) is 40.5 Å². The summed E-state index contributed by atoms with van der Waals surface area (Å²) in [5.41, 5.74) is 4.78. The van der Waals surface area contributed by atoms with Gasteiger partial charge in [-0.05, 0) is 106 Å². The predicted molar refractivity (Wildman–Crippen MR) is 246 cm³/mol. The first-order chi connectivity index (χ1) is 30.6. The van der Waals surface area contributed by atoms with Gasteiger partial charge in [0.15, 0.2) is 17.4 Å². The third-order valence-electron chi connectivity index (χ3n) is 10.4. The van der Waals surface area contributed by atoms with Crippen LogP contribution in [0.15, 0.2) is 36.7 Å². The largest absolute Gasteiger partial charge is 0.491 e. The van der Waals surface area contributed by atoms with Gasteiger partial charge in [0.25, 0.3) is 0 Å². The van der Waals surface area contributed by atoms with Crippen LogP contribution in [0.2, 0.25) is 0 Å². The summed E-state index contributed by atoms with van der Waals surface area (Å²) in [6, 6.07) is 7.02. The van der Waals surface area contributed by atoms with E-state index in [1.165, 1.54) is 0 Å². The number of nitrogens with one attached hydrogen (secondary N) is 2. The zero-order chi connectivity index (χ0) is 47.1. The Kier molecular flexibility index (Phi) is 15.6. The quantitative estimate of drug-likeness (QED) is 0.132. The monoisotopic (exact) mass is 899 g/mol. The minimum Gasteiger partial charge on any atom is -0.491 e. The molecule has 5 heterocycles. The normalized spacial score (nSPS) is 16.7. The van der Waals surface area contributed by atoms with Crippen molar-refractivity contribution in [1.29, 1.82) is 0 Å². The van der Waals surface area contributed by atoms with E-state index < -0.39 is 11.9 Å². The molecule has 0 spiro atoms. The summed E-state index contributed by atoms with van der Waals surface area (Å²) in [5, 5.41) is 24.4. The highest BCUT2D eigenvalue weighted by molar-refractivity contribution is 5.82. The summed E-state index contributed by atoms with van der Waals surface area (Å²) in [7, 11) is 3.75. The molecule has 2 aliphatic carbocycles. The van der Waals surface area contributed by atoms with Gasteiger partial charge < -0.3 is 49.6 Å². The number of carbonyl (C=O) groups is 2. The Hall–Kier alpha value is -5.56. The van der Waals surface area contributed by atoms with Gasteiger partial charge in [-0.3, -0.25) is 19.6 Å². The molecule has 2 amide bonds. The Balaban J connectivity index is 0.000000216. The maximum Gasteiger partial charge on any atom is 0.239 e. The number of hydrogen-bond donors (Lipinski definition) is 4. The highest BCUT2D eigenvalue weighted by Crippen LogP contribution is 2.33. The van der Waals surface area contributed by atoms with E-state index >= 15 is 0 Å². The van der Waals surface area contributed by atoms with Gasteiger partial charge in [-0.2, -0.15) is 0 Å². The van der Waals surface area contributed by atoms with E-state index in [0.29, 0.717) is 47.7 Å². The average molecular weight is 899 g/mol. The number of aliphatic hydroxyl groups excluding tert-OH is 2. The molecule has 352 valence electrons. The van der Waals surface area contributed by atoms with E-state index in [4.69, 9.17) is 44.0 Å². The van der Waals surface area contributed by atoms with Gasteiger partial charge in [-0.1, -0.05) is 0 Å². The lowest BCUT2D eigenvalue weighted by molar-refractivity contribution is -0.141. The fourth-order valence-electron chi connectivity index (χ4n) is 7.71. The number of hydrogen-bond acceptors (Lipinski definition) is 16. The second-order valence-electron chi connectivity index (χ2n) is 19.3. The lowest BCUT2D eigenvalue weighted by Crippen LogP contribution is -2.45. The van der Waals surface area contributed by atoms with Crippen molar-refractivity contribution in [2.45, 2.75) is 123 Å². The van der Waals surface area contributed by atoms with E-state index in [0.717, 1.165) is 72.7 Å². The van der Waals surface area contributed by atoms with Crippen molar-refractivity contribution in [3.05, 3.63) is 59.2 Å². The lowest BCUT2D eigenvalue weighted by Gasteiger charge is -2.25. The molecule has 1 fully saturated rings. The van der Waals surface area contributed by atoms with Crippen LogP contribution in [-0.2, 0) is 44.7 Å². The third-order valence-corrected chi connectivity index (χ3v) is 10.4. The van der Waals surface area contributed by atoms with E-state index in [9.17, 15) is 14.7 Å². The average Bonchev–Trinajstić information content (AvgIpc) is 4.00. The van der Waals surface area contributed by atoms with E-state index in [1.807, 2.05) is 91.4 Å². The molecule has 4 aromatic heterocycles. The molecule has 18 heteroatoms. The zero-order valence-corrected chi connectivity index (χ0v) is 39.5. The summed E-state index contributed by atoms with van der Waals surface area (Å²) in [4.78, 5) is 56.7. The van der Waals surface area contributed by atoms with Crippen LogP contribution in [0.1, 0.15) is 90.7 Å². The summed E-state index contributed by atoms with van der Waals surface area (Å²) in [5.74, 6) is 3.00. The number of aliphatic hydroxyl groups is 2. The molecule has 65 heavy (non-hydrogen) atoms. The molecular weight excluding hydrogens is 833 g/mol. The Bertz CT molecular complexity index is 2300. The number of anilines is 2. The van der Waals surface area contributed by atoms with Crippen LogP contribution in [0.3, 0.4) is 0 Å². The molecule has 0 radical (unpaired) electrons. The summed E-state index contributed by atoms with van der Waals surface area (Å²) in [6.45, 7) is 16.4. The van der Waals surface area contributed by atoms with Gasteiger partial charge in [0.1, 0.15) is 59.9 Å². The van der Waals surface area contributed by atoms with Crippen molar-refractivity contribution in [3.63, 3.8) is 0 Å². The third kappa shape index (κ3) is 14.0. The van der Waals surface area contributed by atoms with E-state index in [-0.39, 0.29) is 55.3 Å². The number of aryl methyl sites for hydroxylation is 2. The molecule has 1 aliphatic heterocycles. The second kappa shape index (κ2) is 20.7. The number of likely N-dealkylation sites (N-methyl/N-ethyl adjacent to an activating group) is 2. The first-order valence-corrected chi connectivity index (χ1v) is 22.3. The summed E-state index contributed by atoms with van der Waals surface area (Å²) >= 11 is 0. The highest BCUT2D eigenvalue weighted by Gasteiger charge is 2.33. The molecule has 7 rings (SSSR count). The van der Waals surface area contributed by atoms with Crippen molar-refractivity contribution < 1.29 is 38.7 Å². The Labute approximate surface area is 381 Å². The van der Waals surface area contributed by atoms with Gasteiger partial charge in [0.2, 0.25) is 11.8 Å². The first-order valence-electron chi connectivity index (χ1n) is 22.3. The van der Waals surface area contributed by atoms with E-state index in [1.54, 1.807) is 24.5 Å². The first kappa shape index (κ1) is 48.9. The van der Waals surface area contributed by atoms with Crippen molar-refractivity contribution in [3.8, 4) is 34.5 Å².